The number of carbonyl (C=O) groups excluding carboxylic acids is 1. The second kappa shape index (κ2) is 4.21. The molecule has 6 nitrogen and oxygen atoms in total. The molecule has 2 aromatic rings. The number of H-pyrrole nitrogens is 1. The number of carbonyl (C=O) groups is 1. The zero-order valence-corrected chi connectivity index (χ0v) is 10.5. The lowest BCUT2D eigenvalue weighted by atomic mass is 10.2. The predicted octanol–water partition coefficient (Wildman–Crippen LogP) is 1.81. The molecule has 0 saturated carbocycles. The van der Waals surface area contributed by atoms with Crippen molar-refractivity contribution in [3.8, 4) is 0 Å². The molecule has 6 heteroatoms. The van der Waals surface area contributed by atoms with Gasteiger partial charge in [-0.05, 0) is 32.9 Å². The third-order valence-corrected chi connectivity index (χ3v) is 2.19. The minimum absolute atomic E-state index is 0.415. The van der Waals surface area contributed by atoms with E-state index < -0.39 is 17.4 Å². The fourth-order valence-corrected chi connectivity index (χ4v) is 1.56. The summed E-state index contributed by atoms with van der Waals surface area (Å²) in [5, 5.41) is 0. The van der Waals surface area contributed by atoms with Crippen LogP contribution < -0.4 is 11.1 Å². The number of amides is 1. The van der Waals surface area contributed by atoms with E-state index in [2.05, 4.69) is 10.4 Å². The first-order valence-corrected chi connectivity index (χ1v) is 5.56. The molecule has 0 spiro atoms. The van der Waals surface area contributed by atoms with Crippen LogP contribution in [0.15, 0.2) is 29.1 Å². The highest BCUT2D eigenvalue weighted by molar-refractivity contribution is 5.81. The summed E-state index contributed by atoms with van der Waals surface area (Å²) in [5.74, 6) is 0. The van der Waals surface area contributed by atoms with Gasteiger partial charge in [0.05, 0.1) is 11.0 Å². The van der Waals surface area contributed by atoms with E-state index in [9.17, 15) is 9.59 Å². The summed E-state index contributed by atoms with van der Waals surface area (Å²) in [6.45, 7) is 5.26. The molecular weight excluding hydrogens is 234 g/mol. The van der Waals surface area contributed by atoms with E-state index >= 15 is 0 Å². The normalized spacial score (nSPS) is 11.5. The van der Waals surface area contributed by atoms with Crippen LogP contribution in [0.4, 0.5) is 4.79 Å². The lowest BCUT2D eigenvalue weighted by Crippen LogP contribution is -2.35. The highest BCUT2D eigenvalue weighted by Crippen LogP contribution is 2.09. The maximum Gasteiger partial charge on any atom is 0.427 e. The summed E-state index contributed by atoms with van der Waals surface area (Å²) in [6.07, 6.45) is -0.672. The van der Waals surface area contributed by atoms with Crippen LogP contribution in [0.1, 0.15) is 20.8 Å². The molecule has 0 atom stereocenters. The predicted molar refractivity (Wildman–Crippen MR) is 68.2 cm³/mol. The Labute approximate surface area is 104 Å². The monoisotopic (exact) mass is 249 g/mol. The van der Waals surface area contributed by atoms with Gasteiger partial charge in [-0.25, -0.2) is 15.0 Å². The fourth-order valence-electron chi connectivity index (χ4n) is 1.56. The van der Waals surface area contributed by atoms with Gasteiger partial charge in [-0.3, -0.25) is 0 Å². The molecular formula is C12H15N3O3. The Morgan fingerprint density at radius 3 is 2.67 bits per heavy atom. The number of nitrogens with one attached hydrogen (secondary N) is 2. The zero-order chi connectivity index (χ0) is 13.3. The van der Waals surface area contributed by atoms with Crippen LogP contribution in [0.5, 0.6) is 0 Å². The van der Waals surface area contributed by atoms with Crippen molar-refractivity contribution in [2.45, 2.75) is 26.4 Å². The fraction of sp³-hybridized carbons (Fsp3) is 0.333. The number of nitrogens with zero attached hydrogens (tertiary/aromatic N) is 1. The van der Waals surface area contributed by atoms with Crippen LogP contribution in [0.25, 0.3) is 11.0 Å². The lowest BCUT2D eigenvalue weighted by molar-refractivity contribution is 0.0613. The molecule has 0 aliphatic heterocycles. The molecule has 0 bridgehead atoms. The van der Waals surface area contributed by atoms with Gasteiger partial charge in [-0.1, -0.05) is 12.1 Å². The second-order valence-corrected chi connectivity index (χ2v) is 4.90. The summed E-state index contributed by atoms with van der Waals surface area (Å²) in [4.78, 5) is 25.9. The van der Waals surface area contributed by atoms with E-state index in [0.717, 1.165) is 4.68 Å². The van der Waals surface area contributed by atoms with Gasteiger partial charge in [0.2, 0.25) is 0 Å². The van der Waals surface area contributed by atoms with Crippen molar-refractivity contribution < 1.29 is 9.53 Å². The van der Waals surface area contributed by atoms with Gasteiger partial charge in [0.25, 0.3) is 0 Å². The van der Waals surface area contributed by atoms with Crippen molar-refractivity contribution >= 4 is 17.1 Å². The summed E-state index contributed by atoms with van der Waals surface area (Å²) in [5.41, 5.74) is 2.62. The molecule has 1 aromatic heterocycles. The van der Waals surface area contributed by atoms with Crippen LogP contribution in [0, 0.1) is 0 Å². The smallest absolute Gasteiger partial charge is 0.427 e. The van der Waals surface area contributed by atoms with E-state index in [1.807, 2.05) is 0 Å². The minimum Gasteiger partial charge on any atom is -0.443 e. The van der Waals surface area contributed by atoms with Crippen LogP contribution in [0.3, 0.4) is 0 Å². The van der Waals surface area contributed by atoms with Crippen molar-refractivity contribution in [2.24, 2.45) is 0 Å². The first-order chi connectivity index (χ1) is 8.37. The average Bonchev–Trinajstić information content (AvgIpc) is 2.53. The maximum absolute atomic E-state index is 11.7. The quantitative estimate of drug-likeness (QED) is 0.809. The van der Waals surface area contributed by atoms with Gasteiger partial charge in [0, 0.05) is 0 Å². The van der Waals surface area contributed by atoms with Gasteiger partial charge in [0.1, 0.15) is 5.60 Å². The topological polar surface area (TPSA) is 76.1 Å². The highest BCUT2D eigenvalue weighted by atomic mass is 16.6. The Morgan fingerprint density at radius 2 is 2.00 bits per heavy atom. The molecule has 0 fully saturated rings. The molecule has 1 amide bonds. The van der Waals surface area contributed by atoms with E-state index in [-0.39, 0.29) is 0 Å². The number of para-hydroxylation sites is 2. The molecule has 1 aromatic carbocycles. The van der Waals surface area contributed by atoms with Crippen molar-refractivity contribution in [1.82, 2.24) is 9.66 Å². The van der Waals surface area contributed by atoms with Gasteiger partial charge in [-0.15, -0.1) is 0 Å². The molecule has 96 valence electrons. The molecule has 2 rings (SSSR count). The Kier molecular flexibility index (Phi) is 2.86. The zero-order valence-electron chi connectivity index (χ0n) is 10.5. The molecule has 2 N–H and O–H groups in total. The maximum atomic E-state index is 11.7. The van der Waals surface area contributed by atoms with Crippen LogP contribution in [-0.4, -0.2) is 21.4 Å². The number of ether oxygens (including phenoxy) is 1. The number of hydrogen-bond donors (Lipinski definition) is 2. The van der Waals surface area contributed by atoms with Gasteiger partial charge in [0.15, 0.2) is 0 Å². The van der Waals surface area contributed by atoms with Crippen LogP contribution in [0.2, 0.25) is 0 Å². The molecule has 0 aliphatic rings. The van der Waals surface area contributed by atoms with E-state index in [1.165, 1.54) is 0 Å². The number of imidazole rings is 1. The number of hydrogen-bond acceptors (Lipinski definition) is 3. The lowest BCUT2D eigenvalue weighted by Gasteiger charge is -2.19. The number of aromatic amines is 1. The SMILES string of the molecule is CC(C)(C)OC(=O)Nn1c(=O)[nH]c2ccccc21. The number of rotatable bonds is 1. The third kappa shape index (κ3) is 2.53. The molecule has 0 unspecified atom stereocenters. The summed E-state index contributed by atoms with van der Waals surface area (Å²) in [7, 11) is 0. The van der Waals surface area contributed by atoms with E-state index in [0.29, 0.717) is 11.0 Å². The molecule has 18 heavy (non-hydrogen) atoms. The first-order valence-electron chi connectivity index (χ1n) is 5.56. The largest absolute Gasteiger partial charge is 0.443 e. The molecule has 0 aliphatic carbocycles. The van der Waals surface area contributed by atoms with Gasteiger partial charge >= 0.3 is 11.8 Å². The number of fused-ring (bicyclic) bond motifs is 1. The van der Waals surface area contributed by atoms with Crippen LogP contribution >= 0.6 is 0 Å². The van der Waals surface area contributed by atoms with Crippen molar-refractivity contribution in [2.75, 3.05) is 5.43 Å². The average molecular weight is 249 g/mol. The molecule has 0 saturated heterocycles. The first kappa shape index (κ1) is 12.2. The minimum atomic E-state index is -0.672. The standard InChI is InChI=1S/C12H15N3O3/c1-12(2,3)18-11(17)14-15-9-7-5-4-6-8(9)13-10(15)16/h4-7H,1-3H3,(H,13,16)(H,14,17). The Morgan fingerprint density at radius 1 is 1.33 bits per heavy atom. The molecule has 0 radical (unpaired) electrons. The van der Waals surface area contributed by atoms with Gasteiger partial charge in [-0.2, -0.15) is 4.68 Å². The number of benzene rings is 1. The summed E-state index contributed by atoms with van der Waals surface area (Å²) < 4.78 is 6.22. The Balaban J connectivity index is 2.30. The van der Waals surface area contributed by atoms with Crippen molar-refractivity contribution in [1.29, 1.82) is 0 Å². The van der Waals surface area contributed by atoms with E-state index in [4.69, 9.17) is 4.74 Å². The Hall–Kier alpha value is -2.24. The Bertz CT molecular complexity index is 634. The van der Waals surface area contributed by atoms with Crippen LogP contribution in [-0.2, 0) is 4.74 Å². The highest BCUT2D eigenvalue weighted by Gasteiger charge is 2.17. The van der Waals surface area contributed by atoms with E-state index in [1.54, 1.807) is 45.0 Å². The summed E-state index contributed by atoms with van der Waals surface area (Å²) in [6, 6.07) is 7.06. The van der Waals surface area contributed by atoms with Crippen molar-refractivity contribution in [3.05, 3.63) is 34.7 Å². The number of aromatic nitrogens is 2. The van der Waals surface area contributed by atoms with Crippen molar-refractivity contribution in [3.63, 3.8) is 0 Å². The third-order valence-electron chi connectivity index (χ3n) is 2.19. The van der Waals surface area contributed by atoms with Gasteiger partial charge < -0.3 is 9.72 Å². The second-order valence-electron chi connectivity index (χ2n) is 4.90. The summed E-state index contributed by atoms with van der Waals surface area (Å²) >= 11 is 0. The molecule has 1 heterocycles.